The van der Waals surface area contributed by atoms with Crippen LogP contribution in [0.2, 0.25) is 0 Å². The van der Waals surface area contributed by atoms with Gasteiger partial charge in [-0.25, -0.2) is 0 Å². The third-order valence-electron chi connectivity index (χ3n) is 3.66. The number of thioether (sulfide) groups is 1. The average molecular weight is 325 g/mol. The quantitative estimate of drug-likeness (QED) is 0.647. The molecule has 2 nitrogen and oxygen atoms in total. The summed E-state index contributed by atoms with van der Waals surface area (Å²) in [5.41, 5.74) is 4.54. The van der Waals surface area contributed by atoms with Crippen LogP contribution in [0.3, 0.4) is 0 Å². The van der Waals surface area contributed by atoms with Crippen LogP contribution in [-0.2, 0) is 25.0 Å². The fourth-order valence-electron chi connectivity index (χ4n) is 2.51. The lowest BCUT2D eigenvalue weighted by molar-refractivity contribution is 0.564. The highest BCUT2D eigenvalue weighted by Gasteiger charge is 2.19. The van der Waals surface area contributed by atoms with E-state index in [4.69, 9.17) is 5.84 Å². The first-order valence-corrected chi connectivity index (χ1v) is 9.82. The fraction of sp³-hybridized carbons (Fsp3) is 0.467. The Morgan fingerprint density at radius 1 is 1.30 bits per heavy atom. The lowest BCUT2D eigenvalue weighted by Gasteiger charge is -2.12. The van der Waals surface area contributed by atoms with Crippen LogP contribution >= 0.6 is 34.4 Å². The zero-order chi connectivity index (χ0) is 13.9. The molecule has 0 saturated heterocycles. The standard InChI is InChI=1S/C15H20N2S3/c1-2-11-3-4-12(19-11)8-13(17-16)15-7-10-9-18-6-5-14(10)20-15/h3-4,7,13,17H,2,5-6,8-9,16H2,1H3. The van der Waals surface area contributed by atoms with E-state index >= 15 is 0 Å². The first-order valence-electron chi connectivity index (χ1n) is 7.03. The van der Waals surface area contributed by atoms with Gasteiger partial charge >= 0.3 is 0 Å². The van der Waals surface area contributed by atoms with E-state index in [-0.39, 0.29) is 6.04 Å². The number of nitrogens with two attached hydrogens (primary N) is 1. The minimum Gasteiger partial charge on any atom is -0.271 e. The van der Waals surface area contributed by atoms with E-state index in [9.17, 15) is 0 Å². The molecule has 0 amide bonds. The molecule has 3 heterocycles. The molecule has 1 unspecified atom stereocenters. The van der Waals surface area contributed by atoms with Crippen molar-refractivity contribution in [3.8, 4) is 0 Å². The van der Waals surface area contributed by atoms with Gasteiger partial charge < -0.3 is 0 Å². The van der Waals surface area contributed by atoms with E-state index in [1.165, 1.54) is 38.1 Å². The van der Waals surface area contributed by atoms with Gasteiger partial charge in [0.25, 0.3) is 0 Å². The Bertz CT molecular complexity index is 550. The van der Waals surface area contributed by atoms with Crippen LogP contribution in [0.4, 0.5) is 0 Å². The summed E-state index contributed by atoms with van der Waals surface area (Å²) in [6.45, 7) is 2.21. The SMILES string of the molecule is CCc1ccc(CC(NN)c2cc3c(s2)CCSC3)s1. The van der Waals surface area contributed by atoms with Crippen molar-refractivity contribution in [1.29, 1.82) is 0 Å². The van der Waals surface area contributed by atoms with Gasteiger partial charge in [-0.1, -0.05) is 6.92 Å². The largest absolute Gasteiger partial charge is 0.271 e. The Hall–Kier alpha value is -0.330. The van der Waals surface area contributed by atoms with E-state index in [0.29, 0.717) is 0 Å². The van der Waals surface area contributed by atoms with E-state index in [0.717, 1.165) is 12.8 Å². The molecule has 5 heteroatoms. The van der Waals surface area contributed by atoms with Crippen LogP contribution in [0.15, 0.2) is 18.2 Å². The second-order valence-electron chi connectivity index (χ2n) is 5.04. The summed E-state index contributed by atoms with van der Waals surface area (Å²) in [6, 6.07) is 7.10. The maximum Gasteiger partial charge on any atom is 0.0601 e. The van der Waals surface area contributed by atoms with Crippen LogP contribution in [0.25, 0.3) is 0 Å². The van der Waals surface area contributed by atoms with Gasteiger partial charge in [0, 0.05) is 31.7 Å². The summed E-state index contributed by atoms with van der Waals surface area (Å²) in [7, 11) is 0. The lowest BCUT2D eigenvalue weighted by Crippen LogP contribution is -2.28. The van der Waals surface area contributed by atoms with E-state index in [2.05, 4.69) is 30.5 Å². The van der Waals surface area contributed by atoms with Crippen LogP contribution in [-0.4, -0.2) is 5.75 Å². The van der Waals surface area contributed by atoms with Gasteiger partial charge in [-0.05, 0) is 42.4 Å². The maximum absolute atomic E-state index is 5.81. The van der Waals surface area contributed by atoms with Crippen LogP contribution < -0.4 is 11.3 Å². The molecular weight excluding hydrogens is 304 g/mol. The predicted octanol–water partition coefficient (Wildman–Crippen LogP) is 3.91. The minimum atomic E-state index is 0.249. The van der Waals surface area contributed by atoms with Crippen LogP contribution in [0.1, 0.15) is 38.0 Å². The first kappa shape index (κ1) is 14.6. The number of thiophene rings is 2. The molecule has 1 aliphatic rings. The van der Waals surface area contributed by atoms with E-state index in [1.807, 2.05) is 34.4 Å². The summed E-state index contributed by atoms with van der Waals surface area (Å²) in [4.78, 5) is 5.84. The molecule has 0 saturated carbocycles. The highest BCUT2D eigenvalue weighted by Crippen LogP contribution is 2.35. The zero-order valence-electron chi connectivity index (χ0n) is 11.6. The summed E-state index contributed by atoms with van der Waals surface area (Å²) in [6.07, 6.45) is 3.34. The van der Waals surface area contributed by atoms with Gasteiger partial charge in [0.05, 0.1) is 6.04 Å². The fourth-order valence-corrected chi connectivity index (χ4v) is 5.95. The van der Waals surface area contributed by atoms with Crippen molar-refractivity contribution in [1.82, 2.24) is 5.43 Å². The molecule has 1 aliphatic heterocycles. The number of hydrazine groups is 1. The number of nitrogens with one attached hydrogen (secondary N) is 1. The third-order valence-corrected chi connectivity index (χ3v) is 7.27. The Labute approximate surface area is 132 Å². The Balaban J connectivity index is 1.77. The van der Waals surface area contributed by atoms with Crippen LogP contribution in [0.5, 0.6) is 0 Å². The number of rotatable bonds is 5. The van der Waals surface area contributed by atoms with E-state index in [1.54, 1.807) is 4.88 Å². The molecule has 0 bridgehead atoms. The van der Waals surface area contributed by atoms with Gasteiger partial charge in [0.1, 0.15) is 0 Å². The van der Waals surface area contributed by atoms with Crippen LogP contribution in [0, 0.1) is 0 Å². The van der Waals surface area contributed by atoms with Crippen molar-refractivity contribution < 1.29 is 0 Å². The minimum absolute atomic E-state index is 0.249. The molecule has 2 aromatic rings. The molecule has 3 N–H and O–H groups in total. The molecule has 2 aromatic heterocycles. The molecule has 0 fully saturated rings. The second-order valence-corrected chi connectivity index (χ2v) is 8.57. The normalized spacial score (nSPS) is 16.1. The van der Waals surface area contributed by atoms with Gasteiger partial charge in [-0.15, -0.1) is 22.7 Å². The predicted molar refractivity (Wildman–Crippen MR) is 91.7 cm³/mol. The van der Waals surface area contributed by atoms with Crippen molar-refractivity contribution in [2.45, 2.75) is 38.0 Å². The van der Waals surface area contributed by atoms with Crippen molar-refractivity contribution >= 4 is 34.4 Å². The first-order chi connectivity index (χ1) is 9.80. The maximum atomic E-state index is 5.81. The number of hydrogen-bond acceptors (Lipinski definition) is 5. The zero-order valence-corrected chi connectivity index (χ0v) is 14.1. The third kappa shape index (κ3) is 3.12. The summed E-state index contributed by atoms with van der Waals surface area (Å²) in [5.74, 6) is 8.24. The summed E-state index contributed by atoms with van der Waals surface area (Å²) >= 11 is 5.90. The van der Waals surface area contributed by atoms with E-state index < -0.39 is 0 Å². The second kappa shape index (κ2) is 6.62. The smallest absolute Gasteiger partial charge is 0.0601 e. The molecular formula is C15H20N2S3. The van der Waals surface area contributed by atoms with Gasteiger partial charge in [0.2, 0.25) is 0 Å². The number of aryl methyl sites for hydroxylation is 2. The molecule has 0 aromatic carbocycles. The summed E-state index contributed by atoms with van der Waals surface area (Å²) in [5, 5.41) is 0. The van der Waals surface area contributed by atoms with Crippen molar-refractivity contribution in [2.75, 3.05) is 5.75 Å². The van der Waals surface area contributed by atoms with Gasteiger partial charge in [-0.3, -0.25) is 11.3 Å². The highest BCUT2D eigenvalue weighted by molar-refractivity contribution is 7.98. The topological polar surface area (TPSA) is 38.0 Å². The average Bonchev–Trinajstić information content (AvgIpc) is 3.10. The molecule has 0 spiro atoms. The Kier molecular flexibility index (Phi) is 4.83. The van der Waals surface area contributed by atoms with Crippen molar-refractivity contribution in [3.63, 3.8) is 0 Å². The Morgan fingerprint density at radius 2 is 2.15 bits per heavy atom. The number of fused-ring (bicyclic) bond motifs is 1. The van der Waals surface area contributed by atoms with Crippen molar-refractivity contribution in [3.05, 3.63) is 43.3 Å². The number of hydrogen-bond donors (Lipinski definition) is 2. The van der Waals surface area contributed by atoms with Gasteiger partial charge in [0.15, 0.2) is 0 Å². The molecule has 1 atom stereocenters. The summed E-state index contributed by atoms with van der Waals surface area (Å²) < 4.78 is 0. The lowest BCUT2D eigenvalue weighted by atomic mass is 10.1. The molecule has 20 heavy (non-hydrogen) atoms. The molecule has 108 valence electrons. The Morgan fingerprint density at radius 3 is 2.85 bits per heavy atom. The molecule has 3 rings (SSSR count). The highest BCUT2D eigenvalue weighted by atomic mass is 32.2. The molecule has 0 aliphatic carbocycles. The molecule has 0 radical (unpaired) electrons. The van der Waals surface area contributed by atoms with Crippen molar-refractivity contribution in [2.24, 2.45) is 5.84 Å². The van der Waals surface area contributed by atoms with Gasteiger partial charge in [-0.2, -0.15) is 11.8 Å². The monoisotopic (exact) mass is 324 g/mol.